The van der Waals surface area contributed by atoms with E-state index in [9.17, 15) is 9.90 Å². The predicted molar refractivity (Wildman–Crippen MR) is 51.3 cm³/mol. The molecule has 1 fully saturated rings. The van der Waals surface area contributed by atoms with Crippen molar-refractivity contribution in [2.45, 2.75) is 57.6 Å². The lowest BCUT2D eigenvalue weighted by Gasteiger charge is -2.36. The maximum absolute atomic E-state index is 11.2. The highest BCUT2D eigenvalue weighted by atomic mass is 16.3. The molecule has 0 aromatic carbocycles. The zero-order chi connectivity index (χ0) is 9.90. The number of hydrogen-bond donors (Lipinski definition) is 2. The van der Waals surface area contributed by atoms with Crippen molar-refractivity contribution in [2.24, 2.45) is 0 Å². The molecule has 1 amide bonds. The van der Waals surface area contributed by atoms with Crippen LogP contribution in [0.5, 0.6) is 0 Å². The smallest absolute Gasteiger partial charge is 0.220 e. The molecule has 0 radical (unpaired) electrons. The predicted octanol–water partition coefficient (Wildman–Crippen LogP) is 1.21. The van der Waals surface area contributed by atoms with Crippen molar-refractivity contribution in [3.8, 4) is 0 Å². The first-order valence-electron chi connectivity index (χ1n) is 5.05. The van der Waals surface area contributed by atoms with Gasteiger partial charge in [-0.3, -0.25) is 4.79 Å². The van der Waals surface area contributed by atoms with Crippen LogP contribution in [0.1, 0.15) is 46.0 Å². The Hall–Kier alpha value is -0.570. The van der Waals surface area contributed by atoms with Crippen LogP contribution in [0.3, 0.4) is 0 Å². The number of aliphatic hydroxyl groups is 1. The first kappa shape index (κ1) is 10.5. The van der Waals surface area contributed by atoms with Gasteiger partial charge >= 0.3 is 0 Å². The normalized spacial score (nSPS) is 34.2. The highest BCUT2D eigenvalue weighted by Crippen LogP contribution is 2.27. The van der Waals surface area contributed by atoms with Crippen molar-refractivity contribution in [3.05, 3.63) is 0 Å². The summed E-state index contributed by atoms with van der Waals surface area (Å²) in [6.45, 7) is 3.92. The monoisotopic (exact) mass is 185 g/mol. The zero-order valence-corrected chi connectivity index (χ0v) is 8.47. The molecule has 13 heavy (non-hydrogen) atoms. The SMILES string of the molecule is CCC(=O)NC1(C)CCC(O)CC1. The van der Waals surface area contributed by atoms with Crippen LogP contribution in [-0.2, 0) is 4.79 Å². The zero-order valence-electron chi connectivity index (χ0n) is 8.47. The van der Waals surface area contributed by atoms with Crippen LogP contribution in [0.25, 0.3) is 0 Å². The minimum Gasteiger partial charge on any atom is -0.393 e. The Balaban J connectivity index is 2.43. The van der Waals surface area contributed by atoms with Gasteiger partial charge in [-0.25, -0.2) is 0 Å². The van der Waals surface area contributed by atoms with Gasteiger partial charge in [0.15, 0.2) is 0 Å². The molecule has 0 aromatic rings. The molecule has 1 aliphatic rings. The molecule has 1 aliphatic carbocycles. The molecule has 1 saturated carbocycles. The third-order valence-corrected chi connectivity index (χ3v) is 2.82. The molecule has 0 aliphatic heterocycles. The van der Waals surface area contributed by atoms with Crippen molar-refractivity contribution in [2.75, 3.05) is 0 Å². The van der Waals surface area contributed by atoms with E-state index >= 15 is 0 Å². The van der Waals surface area contributed by atoms with E-state index in [0.717, 1.165) is 25.7 Å². The van der Waals surface area contributed by atoms with Crippen LogP contribution in [0.15, 0.2) is 0 Å². The molecule has 2 N–H and O–H groups in total. The molecule has 1 rings (SSSR count). The summed E-state index contributed by atoms with van der Waals surface area (Å²) in [5.41, 5.74) is -0.0771. The van der Waals surface area contributed by atoms with Gasteiger partial charge in [-0.1, -0.05) is 6.92 Å². The first-order chi connectivity index (χ1) is 6.06. The summed E-state index contributed by atoms with van der Waals surface area (Å²) in [5, 5.41) is 12.3. The van der Waals surface area contributed by atoms with E-state index in [1.54, 1.807) is 0 Å². The van der Waals surface area contributed by atoms with E-state index in [4.69, 9.17) is 0 Å². The van der Waals surface area contributed by atoms with E-state index < -0.39 is 0 Å². The standard InChI is InChI=1S/C10H19NO2/c1-3-9(13)11-10(2)6-4-8(12)5-7-10/h8,12H,3-7H2,1-2H3,(H,11,13). The second-order valence-electron chi connectivity index (χ2n) is 4.19. The summed E-state index contributed by atoms with van der Waals surface area (Å²) in [5.74, 6) is 0.110. The van der Waals surface area contributed by atoms with Crippen molar-refractivity contribution in [3.63, 3.8) is 0 Å². The third kappa shape index (κ3) is 2.99. The molecule has 3 nitrogen and oxygen atoms in total. The lowest BCUT2D eigenvalue weighted by molar-refractivity contribution is -0.123. The summed E-state index contributed by atoms with van der Waals surface area (Å²) >= 11 is 0. The minimum absolute atomic E-state index is 0.0771. The molecule has 0 atom stereocenters. The number of nitrogens with one attached hydrogen (secondary N) is 1. The lowest BCUT2D eigenvalue weighted by atomic mass is 9.82. The van der Waals surface area contributed by atoms with Gasteiger partial charge in [-0.2, -0.15) is 0 Å². The van der Waals surface area contributed by atoms with E-state index in [2.05, 4.69) is 12.2 Å². The fourth-order valence-electron chi connectivity index (χ4n) is 1.79. The van der Waals surface area contributed by atoms with Crippen LogP contribution >= 0.6 is 0 Å². The highest BCUT2D eigenvalue weighted by Gasteiger charge is 2.30. The van der Waals surface area contributed by atoms with E-state index in [-0.39, 0.29) is 17.6 Å². The number of rotatable bonds is 2. The van der Waals surface area contributed by atoms with Crippen LogP contribution in [0, 0.1) is 0 Å². The molecular weight excluding hydrogens is 166 g/mol. The van der Waals surface area contributed by atoms with Crippen LogP contribution in [-0.4, -0.2) is 22.7 Å². The highest BCUT2D eigenvalue weighted by molar-refractivity contribution is 5.76. The molecule has 0 unspecified atom stereocenters. The van der Waals surface area contributed by atoms with Gasteiger partial charge in [-0.15, -0.1) is 0 Å². The molecular formula is C10H19NO2. The second kappa shape index (κ2) is 4.09. The average molecular weight is 185 g/mol. The summed E-state index contributed by atoms with van der Waals surface area (Å²) in [4.78, 5) is 11.2. The van der Waals surface area contributed by atoms with Gasteiger partial charge in [0.2, 0.25) is 5.91 Å². The Morgan fingerprint density at radius 1 is 1.54 bits per heavy atom. The Bertz CT molecular complexity index is 183. The van der Waals surface area contributed by atoms with Crippen molar-refractivity contribution in [1.29, 1.82) is 0 Å². The minimum atomic E-state index is -0.161. The van der Waals surface area contributed by atoms with E-state index in [1.165, 1.54) is 0 Å². The quantitative estimate of drug-likeness (QED) is 0.679. The fraction of sp³-hybridized carbons (Fsp3) is 0.900. The maximum atomic E-state index is 11.2. The number of hydrogen-bond acceptors (Lipinski definition) is 2. The molecule has 3 heteroatoms. The molecule has 0 bridgehead atoms. The molecule has 76 valence electrons. The van der Waals surface area contributed by atoms with Crippen molar-refractivity contribution in [1.82, 2.24) is 5.32 Å². The third-order valence-electron chi connectivity index (χ3n) is 2.82. The summed E-state index contributed by atoms with van der Waals surface area (Å²) < 4.78 is 0. The molecule has 0 spiro atoms. The fourth-order valence-corrected chi connectivity index (χ4v) is 1.79. The van der Waals surface area contributed by atoms with Gasteiger partial charge in [0, 0.05) is 12.0 Å². The van der Waals surface area contributed by atoms with Gasteiger partial charge in [0.25, 0.3) is 0 Å². The average Bonchev–Trinajstić information content (AvgIpc) is 2.10. The molecule has 0 aromatic heterocycles. The van der Waals surface area contributed by atoms with E-state index in [1.807, 2.05) is 6.92 Å². The Morgan fingerprint density at radius 3 is 2.54 bits per heavy atom. The summed E-state index contributed by atoms with van der Waals surface area (Å²) in [6, 6.07) is 0. The number of aliphatic hydroxyl groups excluding tert-OH is 1. The van der Waals surface area contributed by atoms with E-state index in [0.29, 0.717) is 6.42 Å². The lowest BCUT2D eigenvalue weighted by Crippen LogP contribution is -2.48. The van der Waals surface area contributed by atoms with Gasteiger partial charge in [-0.05, 0) is 32.6 Å². The maximum Gasteiger partial charge on any atom is 0.220 e. The Kier molecular flexibility index (Phi) is 3.31. The second-order valence-corrected chi connectivity index (χ2v) is 4.19. The van der Waals surface area contributed by atoms with Crippen LogP contribution < -0.4 is 5.32 Å². The topological polar surface area (TPSA) is 49.3 Å². The van der Waals surface area contributed by atoms with Gasteiger partial charge < -0.3 is 10.4 Å². The van der Waals surface area contributed by atoms with Crippen LogP contribution in [0.4, 0.5) is 0 Å². The van der Waals surface area contributed by atoms with Crippen LogP contribution in [0.2, 0.25) is 0 Å². The number of carbonyl (C=O) groups is 1. The summed E-state index contributed by atoms with van der Waals surface area (Å²) in [7, 11) is 0. The van der Waals surface area contributed by atoms with Crippen molar-refractivity contribution >= 4 is 5.91 Å². The van der Waals surface area contributed by atoms with Gasteiger partial charge in [0.05, 0.1) is 6.10 Å². The van der Waals surface area contributed by atoms with Gasteiger partial charge in [0.1, 0.15) is 0 Å². The van der Waals surface area contributed by atoms with Crippen molar-refractivity contribution < 1.29 is 9.90 Å². The first-order valence-corrected chi connectivity index (χ1v) is 5.05. The Morgan fingerprint density at radius 2 is 2.08 bits per heavy atom. The number of amides is 1. The largest absolute Gasteiger partial charge is 0.393 e. The molecule has 0 saturated heterocycles. The number of carbonyl (C=O) groups excluding carboxylic acids is 1. The summed E-state index contributed by atoms with van der Waals surface area (Å²) in [6.07, 6.45) is 3.77. The Labute approximate surface area is 79.5 Å². The molecule has 0 heterocycles.